The number of carbonyl (C=O) groups is 1. The summed E-state index contributed by atoms with van der Waals surface area (Å²) in [6.45, 7) is 0. The fourth-order valence-corrected chi connectivity index (χ4v) is 4.59. The van der Waals surface area contributed by atoms with Crippen LogP contribution in [0.2, 0.25) is 0 Å². The van der Waals surface area contributed by atoms with Crippen LogP contribution in [0.1, 0.15) is 10.4 Å². The summed E-state index contributed by atoms with van der Waals surface area (Å²) >= 11 is 0. The van der Waals surface area contributed by atoms with Gasteiger partial charge < -0.3 is 10.4 Å². The highest BCUT2D eigenvalue weighted by Crippen LogP contribution is 2.33. The van der Waals surface area contributed by atoms with E-state index in [-0.39, 0.29) is 0 Å². The van der Waals surface area contributed by atoms with Crippen molar-refractivity contribution in [2.45, 2.75) is 0 Å². The van der Waals surface area contributed by atoms with E-state index >= 15 is 0 Å². The minimum Gasteiger partial charge on any atom is -0.478 e. The fourth-order valence-electron chi connectivity index (χ4n) is 2.54. The molecule has 0 fully saturated rings. The second-order valence-electron chi connectivity index (χ2n) is 5.28. The fraction of sp³-hybridized carbons (Fsp3) is 0.0500. The first-order chi connectivity index (χ1) is 11.8. The van der Waals surface area contributed by atoms with Crippen LogP contribution in [-0.4, -0.2) is 17.4 Å². The van der Waals surface area contributed by atoms with Crippen molar-refractivity contribution in [3.8, 4) is 0 Å². The highest BCUT2D eigenvalue weighted by Gasteiger charge is 2.15. The van der Waals surface area contributed by atoms with E-state index in [4.69, 9.17) is 0 Å². The molecule has 0 amide bonds. The molecule has 0 aliphatic heterocycles. The number of benzene rings is 3. The molecule has 4 heteroatoms. The van der Waals surface area contributed by atoms with Crippen LogP contribution in [0.5, 0.6) is 0 Å². The maximum Gasteiger partial charge on any atom is 0.337 e. The van der Waals surface area contributed by atoms with Gasteiger partial charge in [0.1, 0.15) is 0 Å². The Kier molecular flexibility index (Phi) is 5.25. The van der Waals surface area contributed by atoms with Gasteiger partial charge in [0.15, 0.2) is 0 Å². The number of rotatable bonds is 6. The Hall–Kier alpha value is -2.64. The van der Waals surface area contributed by atoms with Gasteiger partial charge in [-0.1, -0.05) is 72.8 Å². The third kappa shape index (κ3) is 3.81. The lowest BCUT2D eigenvalue weighted by atomic mass is 10.2. The van der Waals surface area contributed by atoms with Crippen molar-refractivity contribution < 1.29 is 9.90 Å². The van der Waals surface area contributed by atoms with Gasteiger partial charge in [0.25, 0.3) is 0 Å². The van der Waals surface area contributed by atoms with E-state index in [0.29, 0.717) is 17.5 Å². The quantitative estimate of drug-likeness (QED) is 0.672. The van der Waals surface area contributed by atoms with Gasteiger partial charge in [0, 0.05) is 12.0 Å². The second kappa shape index (κ2) is 7.76. The van der Waals surface area contributed by atoms with Gasteiger partial charge in [-0.15, -0.1) is 0 Å². The van der Waals surface area contributed by atoms with Crippen LogP contribution in [0.15, 0.2) is 84.9 Å². The zero-order chi connectivity index (χ0) is 16.8. The lowest BCUT2D eigenvalue weighted by Gasteiger charge is -2.20. The van der Waals surface area contributed by atoms with Gasteiger partial charge in [-0.25, -0.2) is 4.79 Å². The number of carboxylic acids is 1. The highest BCUT2D eigenvalue weighted by molar-refractivity contribution is 7.73. The molecule has 24 heavy (non-hydrogen) atoms. The summed E-state index contributed by atoms with van der Waals surface area (Å²) in [5, 5.41) is 15.2. The lowest BCUT2D eigenvalue weighted by Crippen LogP contribution is -2.18. The van der Waals surface area contributed by atoms with Crippen LogP contribution in [0, 0.1) is 0 Å². The minimum atomic E-state index is -0.915. The van der Waals surface area contributed by atoms with Gasteiger partial charge >= 0.3 is 5.97 Å². The van der Waals surface area contributed by atoms with Crippen molar-refractivity contribution in [2.24, 2.45) is 0 Å². The van der Waals surface area contributed by atoms with Crippen LogP contribution in [0.25, 0.3) is 0 Å². The van der Waals surface area contributed by atoms with Crippen LogP contribution < -0.4 is 15.9 Å². The van der Waals surface area contributed by atoms with E-state index in [1.54, 1.807) is 12.1 Å². The molecule has 3 nitrogen and oxygen atoms in total. The topological polar surface area (TPSA) is 49.3 Å². The third-order valence-electron chi connectivity index (χ3n) is 3.72. The minimum absolute atomic E-state index is 0.300. The van der Waals surface area contributed by atoms with Crippen LogP contribution in [0.3, 0.4) is 0 Å². The molecular formula is C20H18NO2P. The Labute approximate surface area is 142 Å². The van der Waals surface area contributed by atoms with E-state index in [0.717, 1.165) is 0 Å². The second-order valence-corrected chi connectivity index (χ2v) is 7.49. The first-order valence-corrected chi connectivity index (χ1v) is 9.22. The normalized spacial score (nSPS) is 10.5. The Morgan fingerprint density at radius 1 is 0.792 bits per heavy atom. The molecule has 3 rings (SSSR count). The summed E-state index contributed by atoms with van der Waals surface area (Å²) in [5.74, 6) is -0.915. The Morgan fingerprint density at radius 2 is 1.29 bits per heavy atom. The molecule has 0 unspecified atom stereocenters. The molecule has 120 valence electrons. The van der Waals surface area contributed by atoms with Crippen LogP contribution >= 0.6 is 7.92 Å². The standard InChI is InChI=1S/C20H18NO2P/c22-20(23)18-13-7-8-14-19(18)21-15-24(16-9-3-1-4-10-16)17-11-5-2-6-12-17/h1-14,21H,15H2,(H,22,23). The predicted molar refractivity (Wildman–Crippen MR) is 101 cm³/mol. The van der Waals surface area contributed by atoms with E-state index in [9.17, 15) is 9.90 Å². The molecule has 0 aliphatic rings. The van der Waals surface area contributed by atoms with Crippen molar-refractivity contribution in [1.82, 2.24) is 0 Å². The third-order valence-corrected chi connectivity index (χ3v) is 6.04. The van der Waals surface area contributed by atoms with E-state index in [2.05, 4.69) is 29.6 Å². The van der Waals surface area contributed by atoms with E-state index in [1.165, 1.54) is 10.6 Å². The summed E-state index contributed by atoms with van der Waals surface area (Å²) in [7, 11) is -0.610. The molecule has 0 saturated heterocycles. The SMILES string of the molecule is O=C(O)c1ccccc1NCP(c1ccccc1)c1ccccc1. The number of hydrogen-bond acceptors (Lipinski definition) is 2. The number of carboxylic acid groups (broad SMARTS) is 1. The molecular weight excluding hydrogens is 317 g/mol. The zero-order valence-electron chi connectivity index (χ0n) is 13.1. The Balaban J connectivity index is 1.87. The van der Waals surface area contributed by atoms with Crippen LogP contribution in [0.4, 0.5) is 5.69 Å². The number of hydrogen-bond donors (Lipinski definition) is 2. The van der Waals surface area contributed by atoms with E-state index < -0.39 is 13.9 Å². The monoisotopic (exact) mass is 335 g/mol. The molecule has 3 aromatic rings. The van der Waals surface area contributed by atoms with Gasteiger partial charge in [0.05, 0.1) is 5.56 Å². The highest BCUT2D eigenvalue weighted by atomic mass is 31.1. The van der Waals surface area contributed by atoms with Gasteiger partial charge in [-0.3, -0.25) is 0 Å². The number of para-hydroxylation sites is 1. The first-order valence-electron chi connectivity index (χ1n) is 7.69. The Bertz CT molecular complexity index is 767. The van der Waals surface area contributed by atoms with Crippen molar-refractivity contribution in [2.75, 3.05) is 11.6 Å². The Morgan fingerprint density at radius 3 is 1.83 bits per heavy atom. The van der Waals surface area contributed by atoms with Crippen molar-refractivity contribution >= 4 is 30.2 Å². The largest absolute Gasteiger partial charge is 0.478 e. The molecule has 3 aromatic carbocycles. The molecule has 0 aromatic heterocycles. The maximum atomic E-state index is 11.4. The zero-order valence-corrected chi connectivity index (χ0v) is 14.0. The summed E-state index contributed by atoms with van der Waals surface area (Å²) in [6, 6.07) is 27.7. The molecule has 0 heterocycles. The molecule has 0 aliphatic carbocycles. The lowest BCUT2D eigenvalue weighted by molar-refractivity contribution is 0.0698. The molecule has 0 saturated carbocycles. The molecule has 0 spiro atoms. The maximum absolute atomic E-state index is 11.4. The van der Waals surface area contributed by atoms with Crippen molar-refractivity contribution in [3.63, 3.8) is 0 Å². The van der Waals surface area contributed by atoms with Gasteiger partial charge in [0.2, 0.25) is 0 Å². The predicted octanol–water partition coefficient (Wildman–Crippen LogP) is 3.89. The van der Waals surface area contributed by atoms with Gasteiger partial charge in [-0.2, -0.15) is 0 Å². The average Bonchev–Trinajstić information content (AvgIpc) is 2.64. The first kappa shape index (κ1) is 16.2. The summed E-state index contributed by atoms with van der Waals surface area (Å²) in [6.07, 6.45) is 0.688. The smallest absolute Gasteiger partial charge is 0.337 e. The molecule has 0 bridgehead atoms. The van der Waals surface area contributed by atoms with Crippen LogP contribution in [-0.2, 0) is 0 Å². The molecule has 0 radical (unpaired) electrons. The number of aromatic carboxylic acids is 1. The average molecular weight is 335 g/mol. The summed E-state index contributed by atoms with van der Waals surface area (Å²) < 4.78 is 0. The van der Waals surface area contributed by atoms with Gasteiger partial charge in [-0.05, 0) is 30.7 Å². The summed E-state index contributed by atoms with van der Waals surface area (Å²) in [4.78, 5) is 11.4. The molecule has 2 N–H and O–H groups in total. The van der Waals surface area contributed by atoms with Crippen molar-refractivity contribution in [3.05, 3.63) is 90.5 Å². The number of anilines is 1. The van der Waals surface area contributed by atoms with Crippen molar-refractivity contribution in [1.29, 1.82) is 0 Å². The summed E-state index contributed by atoms with van der Waals surface area (Å²) in [5.41, 5.74) is 0.956. The molecule has 0 atom stereocenters. The number of nitrogens with one attached hydrogen (secondary N) is 1. The van der Waals surface area contributed by atoms with E-state index in [1.807, 2.05) is 48.5 Å².